The number of quaternary nitrogens is 1. The van der Waals surface area contributed by atoms with Crippen molar-refractivity contribution in [3.63, 3.8) is 0 Å². The molecule has 2 bridgehead atoms. The smallest absolute Gasteiger partial charge is 0.243 e. The van der Waals surface area contributed by atoms with Gasteiger partial charge in [-0.25, -0.2) is 8.42 Å². The summed E-state index contributed by atoms with van der Waals surface area (Å²) in [4.78, 5) is 1.90. The molecular weight excluding hydrogens is 344 g/mol. The minimum Gasteiger partial charge on any atom is -0.332 e. The zero-order valence-electron chi connectivity index (χ0n) is 13.7. The third kappa shape index (κ3) is 3.15. The molecule has 1 saturated heterocycles. The summed E-state index contributed by atoms with van der Waals surface area (Å²) in [6.07, 6.45) is 7.46. The Balaban J connectivity index is 1.35. The van der Waals surface area contributed by atoms with E-state index in [0.717, 1.165) is 30.8 Å². The number of allylic oxidation sites excluding steroid dienone is 2. The largest absolute Gasteiger partial charge is 0.332 e. The summed E-state index contributed by atoms with van der Waals surface area (Å²) in [5, 5.41) is 0.558. The number of piperazine rings is 1. The molecule has 0 spiro atoms. The lowest BCUT2D eigenvalue weighted by atomic mass is 9.93. The standard InChI is InChI=1S/C18H23ClN2O2S/c19-17-3-5-18(6-4-17)24(22,23)21-9-7-20(8-10-21)13-16-12-14-1-2-15(16)11-14/h1-6,14-16H,7-13H2/p+1/t14-,15-,16-/m0/s1. The van der Waals surface area contributed by atoms with Gasteiger partial charge in [-0.3, -0.25) is 0 Å². The lowest BCUT2D eigenvalue weighted by molar-refractivity contribution is -0.907. The van der Waals surface area contributed by atoms with Crippen LogP contribution in [0.5, 0.6) is 0 Å². The molecule has 6 heteroatoms. The molecule has 24 heavy (non-hydrogen) atoms. The SMILES string of the molecule is O=S(=O)(c1ccc(Cl)cc1)N1CC[NH+](C[C@@H]2C[C@H]3C=C[C@H]2C3)CC1. The molecule has 2 fully saturated rings. The summed E-state index contributed by atoms with van der Waals surface area (Å²) in [5.41, 5.74) is 0. The Morgan fingerprint density at radius 1 is 1.08 bits per heavy atom. The molecule has 4 rings (SSSR count). The van der Waals surface area contributed by atoms with Gasteiger partial charge in [0.15, 0.2) is 0 Å². The molecule has 1 N–H and O–H groups in total. The molecular formula is C18H24ClN2O2S+. The highest BCUT2D eigenvalue weighted by Crippen LogP contribution is 2.42. The number of nitrogens with one attached hydrogen (secondary N) is 1. The van der Waals surface area contributed by atoms with Crippen molar-refractivity contribution < 1.29 is 13.3 Å². The first-order valence-corrected chi connectivity index (χ1v) is 10.6. The molecule has 0 aromatic heterocycles. The van der Waals surface area contributed by atoms with Gasteiger partial charge in [0.1, 0.15) is 0 Å². The van der Waals surface area contributed by atoms with Crippen molar-refractivity contribution in [3.05, 3.63) is 41.4 Å². The van der Waals surface area contributed by atoms with E-state index < -0.39 is 10.0 Å². The van der Waals surface area contributed by atoms with Gasteiger partial charge in [-0.1, -0.05) is 23.8 Å². The maximum Gasteiger partial charge on any atom is 0.243 e. The molecule has 3 aliphatic rings. The van der Waals surface area contributed by atoms with Crippen LogP contribution in [0.4, 0.5) is 0 Å². The molecule has 2 aliphatic carbocycles. The minimum atomic E-state index is -3.39. The average Bonchev–Trinajstić information content (AvgIpc) is 3.19. The van der Waals surface area contributed by atoms with E-state index in [1.807, 2.05) is 0 Å². The molecule has 1 aromatic rings. The quantitative estimate of drug-likeness (QED) is 0.818. The van der Waals surface area contributed by atoms with Crippen molar-refractivity contribution in [2.45, 2.75) is 17.7 Å². The summed E-state index contributed by atoms with van der Waals surface area (Å²) >= 11 is 5.86. The maximum atomic E-state index is 12.7. The van der Waals surface area contributed by atoms with Crippen molar-refractivity contribution in [2.75, 3.05) is 32.7 Å². The topological polar surface area (TPSA) is 41.8 Å². The van der Waals surface area contributed by atoms with E-state index >= 15 is 0 Å². The van der Waals surface area contributed by atoms with Crippen molar-refractivity contribution in [1.29, 1.82) is 0 Å². The zero-order valence-corrected chi connectivity index (χ0v) is 15.3. The molecule has 0 radical (unpaired) electrons. The number of rotatable bonds is 4. The molecule has 1 aliphatic heterocycles. The average molecular weight is 368 g/mol. The highest BCUT2D eigenvalue weighted by atomic mass is 35.5. The van der Waals surface area contributed by atoms with E-state index in [1.165, 1.54) is 19.4 Å². The van der Waals surface area contributed by atoms with Gasteiger partial charge in [0, 0.05) is 10.9 Å². The third-order valence-electron chi connectivity index (χ3n) is 5.85. The number of halogens is 1. The normalized spacial score (nSPS) is 31.0. The summed E-state index contributed by atoms with van der Waals surface area (Å²) in [5.74, 6) is 2.39. The van der Waals surface area contributed by atoms with Crippen LogP contribution in [0.2, 0.25) is 5.02 Å². The Kier molecular flexibility index (Phi) is 4.45. The van der Waals surface area contributed by atoms with Crippen LogP contribution in [-0.2, 0) is 10.0 Å². The monoisotopic (exact) mass is 367 g/mol. The van der Waals surface area contributed by atoms with Crippen LogP contribution in [0.1, 0.15) is 12.8 Å². The van der Waals surface area contributed by atoms with E-state index in [-0.39, 0.29) is 0 Å². The fourth-order valence-corrected chi connectivity index (χ4v) is 6.07. The van der Waals surface area contributed by atoms with Crippen LogP contribution < -0.4 is 4.90 Å². The van der Waals surface area contributed by atoms with E-state index in [1.54, 1.807) is 33.5 Å². The van der Waals surface area contributed by atoms with Crippen molar-refractivity contribution >= 4 is 21.6 Å². The number of hydrogen-bond donors (Lipinski definition) is 1. The van der Waals surface area contributed by atoms with Crippen molar-refractivity contribution in [3.8, 4) is 0 Å². The number of benzene rings is 1. The van der Waals surface area contributed by atoms with E-state index in [0.29, 0.717) is 23.0 Å². The second-order valence-corrected chi connectivity index (χ2v) is 9.73. The lowest BCUT2D eigenvalue weighted by Crippen LogP contribution is -3.15. The molecule has 1 saturated carbocycles. The predicted molar refractivity (Wildman–Crippen MR) is 94.6 cm³/mol. The number of sulfonamides is 1. The highest BCUT2D eigenvalue weighted by Gasteiger charge is 2.39. The number of hydrogen-bond acceptors (Lipinski definition) is 2. The zero-order chi connectivity index (χ0) is 16.7. The highest BCUT2D eigenvalue weighted by molar-refractivity contribution is 7.89. The van der Waals surface area contributed by atoms with Crippen molar-refractivity contribution in [1.82, 2.24) is 4.31 Å². The van der Waals surface area contributed by atoms with Crippen LogP contribution in [0.25, 0.3) is 0 Å². The van der Waals surface area contributed by atoms with Gasteiger partial charge in [-0.2, -0.15) is 4.31 Å². The molecule has 3 atom stereocenters. The number of fused-ring (bicyclic) bond motifs is 2. The second kappa shape index (κ2) is 6.45. The number of nitrogens with zero attached hydrogens (tertiary/aromatic N) is 1. The minimum absolute atomic E-state index is 0.341. The Bertz CT molecular complexity index is 724. The van der Waals surface area contributed by atoms with Gasteiger partial charge in [0.2, 0.25) is 10.0 Å². The van der Waals surface area contributed by atoms with E-state index in [2.05, 4.69) is 12.2 Å². The van der Waals surface area contributed by atoms with Gasteiger partial charge < -0.3 is 4.90 Å². The summed E-state index contributed by atoms with van der Waals surface area (Å²) in [7, 11) is -3.39. The Hall–Kier alpha value is -0.880. The van der Waals surface area contributed by atoms with Crippen molar-refractivity contribution in [2.24, 2.45) is 17.8 Å². The molecule has 4 nitrogen and oxygen atoms in total. The van der Waals surface area contributed by atoms with Gasteiger partial charge in [-0.15, -0.1) is 0 Å². The van der Waals surface area contributed by atoms with E-state index in [9.17, 15) is 8.42 Å². The first kappa shape index (κ1) is 16.6. The second-order valence-electron chi connectivity index (χ2n) is 7.35. The summed E-state index contributed by atoms with van der Waals surface area (Å²) in [6, 6.07) is 6.47. The summed E-state index contributed by atoms with van der Waals surface area (Å²) in [6.45, 7) is 4.23. The predicted octanol–water partition coefficient (Wildman–Crippen LogP) is 1.44. The van der Waals surface area contributed by atoms with E-state index in [4.69, 9.17) is 11.6 Å². The van der Waals surface area contributed by atoms with Gasteiger partial charge in [-0.05, 0) is 48.9 Å². The van der Waals surface area contributed by atoms with Gasteiger partial charge in [0.05, 0.1) is 37.6 Å². The maximum absolute atomic E-state index is 12.7. The molecule has 1 aromatic carbocycles. The van der Waals surface area contributed by atoms with Crippen LogP contribution in [0.15, 0.2) is 41.3 Å². The lowest BCUT2D eigenvalue weighted by Gasteiger charge is -2.33. The Labute approximate surface area is 149 Å². The Morgan fingerprint density at radius 3 is 2.38 bits per heavy atom. The van der Waals surface area contributed by atoms with Crippen LogP contribution in [0, 0.1) is 17.8 Å². The molecule has 0 amide bonds. The first-order valence-electron chi connectivity index (χ1n) is 8.80. The van der Waals surface area contributed by atoms with Crippen LogP contribution in [0.3, 0.4) is 0 Å². The van der Waals surface area contributed by atoms with Crippen LogP contribution >= 0.6 is 11.6 Å². The fourth-order valence-electron chi connectivity index (χ4n) is 4.50. The van der Waals surface area contributed by atoms with Gasteiger partial charge >= 0.3 is 0 Å². The molecule has 0 unspecified atom stereocenters. The first-order chi connectivity index (χ1) is 11.5. The van der Waals surface area contributed by atoms with Crippen LogP contribution in [-0.4, -0.2) is 45.4 Å². The summed E-state index contributed by atoms with van der Waals surface area (Å²) < 4.78 is 27.1. The molecule has 130 valence electrons. The third-order valence-corrected chi connectivity index (χ3v) is 8.01. The Morgan fingerprint density at radius 2 is 1.79 bits per heavy atom. The molecule has 1 heterocycles. The fraction of sp³-hybridized carbons (Fsp3) is 0.556. The van der Waals surface area contributed by atoms with Gasteiger partial charge in [0.25, 0.3) is 0 Å².